The van der Waals surface area contributed by atoms with Crippen LogP contribution >= 0.6 is 0 Å². The smallest absolute Gasteiger partial charge is 0.305 e. The van der Waals surface area contributed by atoms with Crippen LogP contribution in [0.15, 0.2) is 18.2 Å². The number of halogens is 3. The molecular weight excluding hydrogens is 343 g/mol. The maximum atomic E-state index is 15.2. The first-order valence-electron chi connectivity index (χ1n) is 8.47. The molecule has 1 fully saturated rings. The number of rotatable bonds is 5. The van der Waals surface area contributed by atoms with Gasteiger partial charge >= 0.3 is 5.97 Å². The van der Waals surface area contributed by atoms with Crippen LogP contribution in [0.25, 0.3) is 11.1 Å². The largest absolute Gasteiger partial charge is 0.481 e. The molecule has 0 heterocycles. The first-order valence-corrected chi connectivity index (χ1v) is 8.47. The third-order valence-corrected chi connectivity index (χ3v) is 4.81. The van der Waals surface area contributed by atoms with Gasteiger partial charge in [0.05, 0.1) is 6.42 Å². The van der Waals surface area contributed by atoms with Gasteiger partial charge in [0.25, 0.3) is 0 Å². The van der Waals surface area contributed by atoms with Crippen molar-refractivity contribution < 1.29 is 23.1 Å². The van der Waals surface area contributed by atoms with Gasteiger partial charge in [0.15, 0.2) is 0 Å². The molecule has 0 aliphatic heterocycles. The molecule has 3 N–H and O–H groups in total. The maximum absolute atomic E-state index is 15.2. The van der Waals surface area contributed by atoms with Crippen molar-refractivity contribution in [2.45, 2.75) is 45.1 Å². The van der Waals surface area contributed by atoms with Crippen molar-refractivity contribution >= 4 is 5.97 Å². The van der Waals surface area contributed by atoms with Crippen molar-refractivity contribution in [2.75, 3.05) is 0 Å². The molecule has 0 spiro atoms. The highest BCUT2D eigenvalue weighted by Gasteiger charge is 2.33. The molecule has 26 heavy (non-hydrogen) atoms. The third kappa shape index (κ3) is 3.33. The summed E-state index contributed by atoms with van der Waals surface area (Å²) in [5, 5.41) is 8.96. The topological polar surface area (TPSA) is 63.3 Å². The van der Waals surface area contributed by atoms with Crippen LogP contribution in [0.1, 0.15) is 53.5 Å². The summed E-state index contributed by atoms with van der Waals surface area (Å²) in [5.41, 5.74) is 7.41. The quantitative estimate of drug-likeness (QED) is 0.806. The molecule has 0 saturated heterocycles. The van der Waals surface area contributed by atoms with Crippen LogP contribution in [0.4, 0.5) is 13.2 Å². The summed E-state index contributed by atoms with van der Waals surface area (Å²) >= 11 is 0. The van der Waals surface area contributed by atoms with Gasteiger partial charge in [0, 0.05) is 17.2 Å². The molecule has 2 aromatic carbocycles. The Morgan fingerprint density at radius 3 is 2.23 bits per heavy atom. The molecule has 1 atom stereocenters. The number of hydrogen-bond acceptors (Lipinski definition) is 2. The molecule has 3 nitrogen and oxygen atoms in total. The van der Waals surface area contributed by atoms with Gasteiger partial charge in [-0.25, -0.2) is 13.2 Å². The van der Waals surface area contributed by atoms with E-state index in [9.17, 15) is 13.6 Å². The van der Waals surface area contributed by atoms with E-state index in [0.29, 0.717) is 22.3 Å². The molecule has 2 aromatic rings. The Balaban J connectivity index is 2.26. The van der Waals surface area contributed by atoms with Gasteiger partial charge in [-0.15, -0.1) is 0 Å². The number of hydrogen-bond donors (Lipinski definition) is 2. The van der Waals surface area contributed by atoms with E-state index in [1.807, 2.05) is 0 Å². The fourth-order valence-corrected chi connectivity index (χ4v) is 3.50. The second-order valence-corrected chi connectivity index (χ2v) is 6.95. The zero-order valence-electron chi connectivity index (χ0n) is 14.6. The lowest BCUT2D eigenvalue weighted by Gasteiger charge is -2.20. The number of carboxylic acid groups (broad SMARTS) is 1. The van der Waals surface area contributed by atoms with Gasteiger partial charge < -0.3 is 10.8 Å². The number of benzene rings is 2. The Kier molecular flexibility index (Phi) is 4.80. The highest BCUT2D eigenvalue weighted by atomic mass is 19.1. The number of carboxylic acids is 1. The van der Waals surface area contributed by atoms with Crippen LogP contribution in [0.2, 0.25) is 0 Å². The Bertz CT molecular complexity index is 868. The summed E-state index contributed by atoms with van der Waals surface area (Å²) in [6, 6.07) is 2.75. The lowest BCUT2D eigenvalue weighted by molar-refractivity contribution is -0.137. The normalized spacial score (nSPS) is 15.2. The van der Waals surface area contributed by atoms with Gasteiger partial charge in [0.1, 0.15) is 17.5 Å². The number of aliphatic carboxylic acids is 1. The molecule has 1 aliphatic rings. The van der Waals surface area contributed by atoms with Crippen molar-refractivity contribution in [3.63, 3.8) is 0 Å². The highest BCUT2D eigenvalue weighted by molar-refractivity contribution is 5.74. The minimum absolute atomic E-state index is 0.0220. The molecule has 0 radical (unpaired) electrons. The van der Waals surface area contributed by atoms with Gasteiger partial charge in [-0.05, 0) is 73.1 Å². The van der Waals surface area contributed by atoms with Gasteiger partial charge in [-0.3, -0.25) is 4.79 Å². The fraction of sp³-hybridized carbons (Fsp3) is 0.350. The van der Waals surface area contributed by atoms with Crippen molar-refractivity contribution in [1.82, 2.24) is 0 Å². The molecule has 138 valence electrons. The molecule has 1 saturated carbocycles. The summed E-state index contributed by atoms with van der Waals surface area (Å²) in [5.74, 6) is -3.33. The van der Waals surface area contributed by atoms with E-state index in [4.69, 9.17) is 10.8 Å². The van der Waals surface area contributed by atoms with E-state index in [0.717, 1.165) is 12.8 Å². The fourth-order valence-electron chi connectivity index (χ4n) is 3.50. The molecule has 0 amide bonds. The lowest BCUT2D eigenvalue weighted by Crippen LogP contribution is -2.19. The van der Waals surface area contributed by atoms with Crippen molar-refractivity contribution in [1.29, 1.82) is 0 Å². The second kappa shape index (κ2) is 6.76. The van der Waals surface area contributed by atoms with Crippen LogP contribution < -0.4 is 5.73 Å². The van der Waals surface area contributed by atoms with Gasteiger partial charge in [0.2, 0.25) is 0 Å². The predicted molar refractivity (Wildman–Crippen MR) is 92.4 cm³/mol. The summed E-state index contributed by atoms with van der Waals surface area (Å²) in [6.45, 7) is 3.31. The summed E-state index contributed by atoms with van der Waals surface area (Å²) < 4.78 is 43.8. The van der Waals surface area contributed by atoms with Crippen LogP contribution in [0, 0.1) is 31.3 Å². The van der Waals surface area contributed by atoms with Crippen LogP contribution in [-0.4, -0.2) is 11.1 Å². The summed E-state index contributed by atoms with van der Waals surface area (Å²) in [7, 11) is 0. The first-order chi connectivity index (χ1) is 12.2. The Morgan fingerprint density at radius 2 is 1.73 bits per heavy atom. The second-order valence-electron chi connectivity index (χ2n) is 6.95. The van der Waals surface area contributed by atoms with E-state index in [1.165, 1.54) is 18.2 Å². The average Bonchev–Trinajstić information content (AvgIpc) is 3.32. The predicted octanol–water partition coefficient (Wildman–Crippen LogP) is 4.74. The Morgan fingerprint density at radius 1 is 1.15 bits per heavy atom. The number of aryl methyl sites for hydroxylation is 2. The molecule has 0 bridgehead atoms. The van der Waals surface area contributed by atoms with Crippen molar-refractivity contribution in [3.05, 3.63) is 57.9 Å². The third-order valence-electron chi connectivity index (χ3n) is 4.81. The number of carbonyl (C=O) groups is 1. The number of nitrogens with two attached hydrogens (primary N) is 1. The molecule has 0 aromatic heterocycles. The van der Waals surface area contributed by atoms with Crippen LogP contribution in [-0.2, 0) is 4.79 Å². The summed E-state index contributed by atoms with van der Waals surface area (Å²) in [4.78, 5) is 11.0. The Labute approximate surface area is 149 Å². The van der Waals surface area contributed by atoms with E-state index < -0.39 is 41.4 Å². The standard InChI is InChI=1S/C20H20F3NO2/c1-9-5-12(21)6-10(2)17(9)14-7-13(11-3-4-11)19(22)18(20(14)23)15(24)8-16(25)26/h5-7,11,15H,3-4,8,24H2,1-2H3,(H,25,26)/t15-/m0/s1. The minimum atomic E-state index is -1.30. The molecular formula is C20H20F3NO2. The highest BCUT2D eigenvalue weighted by Crippen LogP contribution is 2.46. The van der Waals surface area contributed by atoms with Gasteiger partial charge in [-0.2, -0.15) is 0 Å². The minimum Gasteiger partial charge on any atom is -0.481 e. The lowest BCUT2D eigenvalue weighted by atomic mass is 9.88. The van der Waals surface area contributed by atoms with E-state index in [2.05, 4.69) is 0 Å². The monoisotopic (exact) mass is 363 g/mol. The zero-order chi connectivity index (χ0) is 19.2. The molecule has 0 unspecified atom stereocenters. The van der Waals surface area contributed by atoms with E-state index in [-0.39, 0.29) is 11.5 Å². The zero-order valence-corrected chi connectivity index (χ0v) is 14.6. The molecule has 6 heteroatoms. The van der Waals surface area contributed by atoms with Gasteiger partial charge in [-0.1, -0.05) is 0 Å². The van der Waals surface area contributed by atoms with Crippen molar-refractivity contribution in [2.24, 2.45) is 5.73 Å². The van der Waals surface area contributed by atoms with E-state index >= 15 is 4.39 Å². The van der Waals surface area contributed by atoms with Crippen molar-refractivity contribution in [3.8, 4) is 11.1 Å². The SMILES string of the molecule is Cc1cc(F)cc(C)c1-c1cc(C2CC2)c(F)c([C@@H](N)CC(=O)O)c1F. The average molecular weight is 363 g/mol. The first kappa shape index (κ1) is 18.5. The van der Waals surface area contributed by atoms with Crippen LogP contribution in [0.3, 0.4) is 0 Å². The molecule has 1 aliphatic carbocycles. The maximum Gasteiger partial charge on any atom is 0.305 e. The van der Waals surface area contributed by atoms with E-state index in [1.54, 1.807) is 13.8 Å². The molecule has 3 rings (SSSR count). The Hall–Kier alpha value is -2.34. The van der Waals surface area contributed by atoms with Crippen LogP contribution in [0.5, 0.6) is 0 Å². The summed E-state index contributed by atoms with van der Waals surface area (Å²) in [6.07, 6.45) is 0.997.